The van der Waals surface area contributed by atoms with Crippen molar-refractivity contribution in [3.63, 3.8) is 0 Å². The van der Waals surface area contributed by atoms with Gasteiger partial charge in [-0.2, -0.15) is 0 Å². The van der Waals surface area contributed by atoms with Crippen LogP contribution >= 0.6 is 0 Å². The molecule has 1 heterocycles. The van der Waals surface area contributed by atoms with Crippen molar-refractivity contribution >= 4 is 0 Å². The van der Waals surface area contributed by atoms with Crippen molar-refractivity contribution in [2.24, 2.45) is 11.8 Å². The van der Waals surface area contributed by atoms with Gasteiger partial charge in [0.2, 0.25) is 0 Å². The maximum atomic E-state index is 5.59. The summed E-state index contributed by atoms with van der Waals surface area (Å²) in [6, 6.07) is 4.44. The second-order valence-electron chi connectivity index (χ2n) is 4.47. The van der Waals surface area contributed by atoms with Gasteiger partial charge in [0.15, 0.2) is 0 Å². The maximum Gasteiger partial charge on any atom is 0.0461 e. The molecule has 0 aromatic carbocycles. The molecule has 1 saturated carbocycles. The highest BCUT2D eigenvalue weighted by atomic mass is 15.2. The van der Waals surface area contributed by atoms with Gasteiger partial charge in [-0.3, -0.25) is 16.3 Å². The van der Waals surface area contributed by atoms with Crippen molar-refractivity contribution < 1.29 is 0 Å². The van der Waals surface area contributed by atoms with Crippen LogP contribution in [0.2, 0.25) is 0 Å². The fraction of sp³-hybridized carbons (Fsp3) is 0.583. The Morgan fingerprint density at radius 3 is 3.00 bits per heavy atom. The van der Waals surface area contributed by atoms with Gasteiger partial charge in [0.05, 0.1) is 0 Å². The molecule has 1 aliphatic rings. The van der Waals surface area contributed by atoms with Crippen LogP contribution in [0, 0.1) is 12.8 Å². The van der Waals surface area contributed by atoms with Crippen molar-refractivity contribution in [2.45, 2.75) is 38.6 Å². The first-order valence-electron chi connectivity index (χ1n) is 5.68. The third-order valence-electron chi connectivity index (χ3n) is 3.08. The van der Waals surface area contributed by atoms with E-state index in [0.29, 0.717) is 0 Å². The molecule has 0 spiro atoms. The van der Waals surface area contributed by atoms with Gasteiger partial charge in [0.1, 0.15) is 0 Å². The summed E-state index contributed by atoms with van der Waals surface area (Å²) in [5.41, 5.74) is 5.21. The second kappa shape index (κ2) is 4.73. The number of nitrogens with zero attached hydrogens (tertiary/aromatic N) is 1. The molecule has 3 nitrogen and oxygen atoms in total. The average Bonchev–Trinajstić information content (AvgIpc) is 3.03. The Morgan fingerprint density at radius 2 is 2.40 bits per heavy atom. The van der Waals surface area contributed by atoms with Crippen LogP contribution < -0.4 is 11.3 Å². The van der Waals surface area contributed by atoms with E-state index in [0.717, 1.165) is 18.0 Å². The van der Waals surface area contributed by atoms with Gasteiger partial charge in [-0.1, -0.05) is 12.8 Å². The van der Waals surface area contributed by atoms with Crippen molar-refractivity contribution in [2.75, 3.05) is 0 Å². The number of hydrogen-bond acceptors (Lipinski definition) is 3. The van der Waals surface area contributed by atoms with Crippen LogP contribution in [0.25, 0.3) is 0 Å². The number of hydrogen-bond donors (Lipinski definition) is 2. The molecule has 15 heavy (non-hydrogen) atoms. The normalized spacial score (nSPS) is 17.7. The van der Waals surface area contributed by atoms with Crippen LogP contribution in [-0.2, 0) is 0 Å². The Balaban J connectivity index is 1.97. The lowest BCUT2D eigenvalue weighted by molar-refractivity contribution is 0.481. The Kier molecular flexibility index (Phi) is 3.34. The molecule has 1 aromatic heterocycles. The van der Waals surface area contributed by atoms with Gasteiger partial charge in [-0.25, -0.2) is 0 Å². The lowest BCUT2D eigenvalue weighted by Crippen LogP contribution is -2.28. The van der Waals surface area contributed by atoms with E-state index in [-0.39, 0.29) is 6.04 Å². The minimum atomic E-state index is 0.285. The summed E-state index contributed by atoms with van der Waals surface area (Å²) in [5.74, 6) is 6.55. The molecule has 82 valence electrons. The minimum absolute atomic E-state index is 0.285. The van der Waals surface area contributed by atoms with Crippen molar-refractivity contribution in [3.8, 4) is 0 Å². The fourth-order valence-electron chi connectivity index (χ4n) is 1.94. The molecule has 1 aliphatic carbocycles. The Hall–Kier alpha value is -0.930. The van der Waals surface area contributed by atoms with E-state index in [1.165, 1.54) is 24.8 Å². The topological polar surface area (TPSA) is 50.9 Å². The highest BCUT2D eigenvalue weighted by Gasteiger charge is 2.22. The van der Waals surface area contributed by atoms with E-state index in [9.17, 15) is 0 Å². The van der Waals surface area contributed by atoms with Gasteiger partial charge in [-0.05, 0) is 43.4 Å². The van der Waals surface area contributed by atoms with Crippen LogP contribution in [0.5, 0.6) is 0 Å². The average molecular weight is 205 g/mol. The summed E-state index contributed by atoms with van der Waals surface area (Å²) in [4.78, 5) is 4.20. The molecule has 2 rings (SSSR count). The van der Waals surface area contributed by atoms with Crippen LogP contribution in [0.1, 0.15) is 43.0 Å². The number of nitrogens with one attached hydrogen (secondary N) is 1. The smallest absolute Gasteiger partial charge is 0.0461 e. The first-order valence-corrected chi connectivity index (χ1v) is 5.68. The van der Waals surface area contributed by atoms with Gasteiger partial charge in [0, 0.05) is 17.9 Å². The van der Waals surface area contributed by atoms with Crippen molar-refractivity contribution in [3.05, 3.63) is 29.6 Å². The first kappa shape index (κ1) is 10.6. The highest BCUT2D eigenvalue weighted by molar-refractivity contribution is 5.19. The summed E-state index contributed by atoms with van der Waals surface area (Å²) in [7, 11) is 0. The molecule has 1 aromatic rings. The predicted octanol–water partition coefficient (Wildman–Crippen LogP) is 2.08. The molecule has 0 amide bonds. The largest absolute Gasteiger partial charge is 0.271 e. The van der Waals surface area contributed by atoms with Gasteiger partial charge >= 0.3 is 0 Å². The summed E-state index contributed by atoms with van der Waals surface area (Å²) in [6.07, 6.45) is 7.09. The zero-order chi connectivity index (χ0) is 10.7. The molecule has 0 bridgehead atoms. The monoisotopic (exact) mass is 205 g/mol. The standard InChI is InChI=1S/C12H19N3/c1-9-8-11(6-7-14-9)12(15-13)5-4-10-2-3-10/h6-8,10,12,15H,2-5,13H2,1H3. The van der Waals surface area contributed by atoms with E-state index in [1.54, 1.807) is 0 Å². The highest BCUT2D eigenvalue weighted by Crippen LogP contribution is 2.35. The lowest BCUT2D eigenvalue weighted by Gasteiger charge is -2.16. The van der Waals surface area contributed by atoms with Crippen LogP contribution in [0.4, 0.5) is 0 Å². The first-order chi connectivity index (χ1) is 7.29. The summed E-state index contributed by atoms with van der Waals surface area (Å²) < 4.78 is 0. The molecule has 3 heteroatoms. The number of pyridine rings is 1. The Morgan fingerprint density at radius 1 is 1.60 bits per heavy atom. The summed E-state index contributed by atoms with van der Waals surface area (Å²) in [5, 5.41) is 0. The SMILES string of the molecule is Cc1cc(C(CCC2CC2)NN)ccn1. The molecule has 3 N–H and O–H groups in total. The third kappa shape index (κ3) is 3.01. The van der Waals surface area contributed by atoms with Gasteiger partial charge < -0.3 is 0 Å². The zero-order valence-electron chi connectivity index (χ0n) is 9.24. The quantitative estimate of drug-likeness (QED) is 0.571. The van der Waals surface area contributed by atoms with Gasteiger partial charge in [0.25, 0.3) is 0 Å². The molecule has 0 radical (unpaired) electrons. The van der Waals surface area contributed by atoms with E-state index in [4.69, 9.17) is 5.84 Å². The molecule has 0 saturated heterocycles. The van der Waals surface area contributed by atoms with Crippen LogP contribution in [0.15, 0.2) is 18.3 Å². The number of aryl methyl sites for hydroxylation is 1. The van der Waals surface area contributed by atoms with Crippen LogP contribution in [-0.4, -0.2) is 4.98 Å². The zero-order valence-corrected chi connectivity index (χ0v) is 9.24. The molecule has 1 unspecified atom stereocenters. The molecule has 0 aliphatic heterocycles. The van der Waals surface area contributed by atoms with Crippen LogP contribution in [0.3, 0.4) is 0 Å². The maximum absolute atomic E-state index is 5.59. The number of aromatic nitrogens is 1. The molecule has 1 fully saturated rings. The van der Waals surface area contributed by atoms with E-state index >= 15 is 0 Å². The number of nitrogens with two attached hydrogens (primary N) is 1. The van der Waals surface area contributed by atoms with E-state index in [2.05, 4.69) is 16.5 Å². The Bertz CT molecular complexity index is 320. The Labute approximate surface area is 91.1 Å². The minimum Gasteiger partial charge on any atom is -0.271 e. The second-order valence-corrected chi connectivity index (χ2v) is 4.47. The predicted molar refractivity (Wildman–Crippen MR) is 61.0 cm³/mol. The van der Waals surface area contributed by atoms with Crippen molar-refractivity contribution in [1.82, 2.24) is 10.4 Å². The summed E-state index contributed by atoms with van der Waals surface area (Å²) >= 11 is 0. The number of hydrazine groups is 1. The fourth-order valence-corrected chi connectivity index (χ4v) is 1.94. The van der Waals surface area contributed by atoms with Crippen molar-refractivity contribution in [1.29, 1.82) is 0 Å². The van der Waals surface area contributed by atoms with E-state index in [1.807, 2.05) is 19.2 Å². The molecular formula is C12H19N3. The van der Waals surface area contributed by atoms with E-state index < -0.39 is 0 Å². The summed E-state index contributed by atoms with van der Waals surface area (Å²) in [6.45, 7) is 2.01. The number of rotatable bonds is 5. The molecular weight excluding hydrogens is 186 g/mol. The molecule has 1 atom stereocenters. The lowest BCUT2D eigenvalue weighted by atomic mass is 10.0. The van der Waals surface area contributed by atoms with Gasteiger partial charge in [-0.15, -0.1) is 0 Å². The third-order valence-corrected chi connectivity index (χ3v) is 3.08.